The summed E-state index contributed by atoms with van der Waals surface area (Å²) in [7, 11) is 0. The first-order valence-corrected chi connectivity index (χ1v) is 4.47. The lowest BCUT2D eigenvalue weighted by molar-refractivity contribution is -0.0886. The van der Waals surface area contributed by atoms with E-state index in [1.54, 1.807) is 6.08 Å². The van der Waals surface area contributed by atoms with E-state index in [4.69, 9.17) is 12.2 Å². The van der Waals surface area contributed by atoms with E-state index in [2.05, 4.69) is 17.2 Å². The summed E-state index contributed by atoms with van der Waals surface area (Å²) in [6, 6.07) is -0.181. The Morgan fingerprint density at radius 3 is 2.69 bits per heavy atom. The fraction of sp³-hybridized carbons (Fsp3) is 0.625. The van der Waals surface area contributed by atoms with E-state index in [0.29, 0.717) is 11.7 Å². The van der Waals surface area contributed by atoms with Crippen LogP contribution in [-0.4, -0.2) is 23.6 Å². The van der Waals surface area contributed by atoms with Gasteiger partial charge in [-0.1, -0.05) is 6.08 Å². The summed E-state index contributed by atoms with van der Waals surface area (Å²) in [5.74, 6) is -2.49. The molecule has 1 aliphatic carbocycles. The predicted molar refractivity (Wildman–Crippen MR) is 51.9 cm³/mol. The Morgan fingerprint density at radius 2 is 2.23 bits per heavy atom. The highest BCUT2D eigenvalue weighted by molar-refractivity contribution is 7.80. The molecular weight excluding hydrogens is 194 g/mol. The maximum absolute atomic E-state index is 12.4. The number of nitrogens with one attached hydrogen (secondary N) is 2. The minimum Gasteiger partial charge on any atom is -0.360 e. The van der Waals surface area contributed by atoms with Crippen LogP contribution in [0.2, 0.25) is 0 Å². The van der Waals surface area contributed by atoms with Crippen molar-refractivity contribution in [3.05, 3.63) is 12.7 Å². The van der Waals surface area contributed by atoms with Gasteiger partial charge < -0.3 is 10.6 Å². The minimum absolute atomic E-state index is 0.122. The number of rotatable bonds is 3. The molecule has 2 N–H and O–H groups in total. The van der Waals surface area contributed by atoms with Crippen LogP contribution in [0.1, 0.15) is 12.8 Å². The molecule has 13 heavy (non-hydrogen) atoms. The van der Waals surface area contributed by atoms with Crippen LogP contribution >= 0.6 is 12.2 Å². The third-order valence-corrected chi connectivity index (χ3v) is 2.09. The van der Waals surface area contributed by atoms with Gasteiger partial charge in [0.2, 0.25) is 0 Å². The molecule has 0 atom stereocenters. The van der Waals surface area contributed by atoms with E-state index in [9.17, 15) is 8.78 Å². The number of thiocarbonyl (C=S) groups is 1. The summed E-state index contributed by atoms with van der Waals surface area (Å²) in [5.41, 5.74) is 0. The van der Waals surface area contributed by atoms with Crippen molar-refractivity contribution in [2.24, 2.45) is 0 Å². The molecule has 1 saturated carbocycles. The molecule has 0 spiro atoms. The molecule has 0 amide bonds. The molecule has 0 radical (unpaired) electrons. The fourth-order valence-corrected chi connectivity index (χ4v) is 1.41. The van der Waals surface area contributed by atoms with Crippen molar-refractivity contribution >= 4 is 17.3 Å². The number of hydrogen-bond acceptors (Lipinski definition) is 1. The van der Waals surface area contributed by atoms with E-state index in [1.807, 2.05) is 0 Å². The van der Waals surface area contributed by atoms with Crippen LogP contribution in [0.3, 0.4) is 0 Å². The van der Waals surface area contributed by atoms with Gasteiger partial charge in [-0.25, -0.2) is 8.78 Å². The highest BCUT2D eigenvalue weighted by Gasteiger charge is 2.45. The zero-order valence-electron chi connectivity index (χ0n) is 7.15. The lowest BCUT2D eigenvalue weighted by Gasteiger charge is -2.35. The molecule has 74 valence electrons. The molecule has 0 unspecified atom stereocenters. The van der Waals surface area contributed by atoms with Gasteiger partial charge in [-0.2, -0.15) is 0 Å². The van der Waals surface area contributed by atoms with Crippen LogP contribution in [0.4, 0.5) is 8.78 Å². The highest BCUT2D eigenvalue weighted by atomic mass is 32.1. The summed E-state index contributed by atoms with van der Waals surface area (Å²) in [6.07, 6.45) is 1.41. The van der Waals surface area contributed by atoms with Crippen molar-refractivity contribution in [1.29, 1.82) is 0 Å². The number of alkyl halides is 2. The van der Waals surface area contributed by atoms with Crippen LogP contribution in [0, 0.1) is 0 Å². The van der Waals surface area contributed by atoms with E-state index >= 15 is 0 Å². The molecule has 0 bridgehead atoms. The van der Waals surface area contributed by atoms with Gasteiger partial charge in [-0.05, 0) is 12.2 Å². The largest absolute Gasteiger partial charge is 0.360 e. The van der Waals surface area contributed by atoms with Crippen LogP contribution in [-0.2, 0) is 0 Å². The molecule has 5 heteroatoms. The van der Waals surface area contributed by atoms with Gasteiger partial charge >= 0.3 is 0 Å². The van der Waals surface area contributed by atoms with Gasteiger partial charge in [0.15, 0.2) is 5.11 Å². The second kappa shape index (κ2) is 4.00. The van der Waals surface area contributed by atoms with E-state index < -0.39 is 5.92 Å². The molecule has 1 rings (SSSR count). The third kappa shape index (κ3) is 3.26. The quantitative estimate of drug-likeness (QED) is 0.539. The van der Waals surface area contributed by atoms with E-state index in [1.165, 1.54) is 0 Å². The van der Waals surface area contributed by atoms with E-state index in [0.717, 1.165) is 0 Å². The second-order valence-corrected chi connectivity index (χ2v) is 3.51. The monoisotopic (exact) mass is 206 g/mol. The van der Waals surface area contributed by atoms with Crippen LogP contribution in [0.15, 0.2) is 12.7 Å². The summed E-state index contributed by atoms with van der Waals surface area (Å²) < 4.78 is 24.7. The standard InChI is InChI=1S/C8H12F2N2S/c1-2-3-11-7(13)12-6-4-8(9,10)5-6/h2,6H,1,3-5H2,(H2,11,12,13). The summed E-state index contributed by atoms with van der Waals surface area (Å²) in [4.78, 5) is 0. The van der Waals surface area contributed by atoms with Crippen molar-refractivity contribution in [3.63, 3.8) is 0 Å². The Morgan fingerprint density at radius 1 is 1.62 bits per heavy atom. The maximum Gasteiger partial charge on any atom is 0.252 e. The van der Waals surface area contributed by atoms with Gasteiger partial charge in [0.1, 0.15) is 0 Å². The Bertz CT molecular complexity index is 210. The lowest BCUT2D eigenvalue weighted by atomic mass is 9.88. The summed E-state index contributed by atoms with van der Waals surface area (Å²) in [5, 5.41) is 6.03. The fourth-order valence-electron chi connectivity index (χ4n) is 1.16. The van der Waals surface area contributed by atoms with Gasteiger partial charge in [-0.15, -0.1) is 6.58 Å². The normalized spacial score (nSPS) is 20.2. The topological polar surface area (TPSA) is 24.1 Å². The number of halogens is 2. The zero-order chi connectivity index (χ0) is 9.90. The second-order valence-electron chi connectivity index (χ2n) is 3.10. The molecule has 2 nitrogen and oxygen atoms in total. The summed E-state index contributed by atoms with van der Waals surface area (Å²) >= 11 is 4.86. The Labute approximate surface area is 81.4 Å². The smallest absolute Gasteiger partial charge is 0.252 e. The third-order valence-electron chi connectivity index (χ3n) is 1.83. The zero-order valence-corrected chi connectivity index (χ0v) is 7.96. The molecular formula is C8H12F2N2S. The molecule has 1 fully saturated rings. The first-order chi connectivity index (χ1) is 6.03. The Hall–Kier alpha value is -0.710. The van der Waals surface area contributed by atoms with Gasteiger partial charge in [0, 0.05) is 25.4 Å². The first-order valence-electron chi connectivity index (χ1n) is 4.06. The van der Waals surface area contributed by atoms with Gasteiger partial charge in [0.05, 0.1) is 0 Å². The van der Waals surface area contributed by atoms with Crippen molar-refractivity contribution in [1.82, 2.24) is 10.6 Å². The molecule has 0 aromatic heterocycles. The predicted octanol–water partition coefficient (Wildman–Crippen LogP) is 1.43. The van der Waals surface area contributed by atoms with Crippen molar-refractivity contribution in [3.8, 4) is 0 Å². The summed E-state index contributed by atoms with van der Waals surface area (Å²) in [6.45, 7) is 4.05. The van der Waals surface area contributed by atoms with Crippen LogP contribution in [0.5, 0.6) is 0 Å². The number of hydrogen-bond donors (Lipinski definition) is 2. The minimum atomic E-state index is -2.49. The van der Waals surface area contributed by atoms with E-state index in [-0.39, 0.29) is 18.9 Å². The average Bonchev–Trinajstić information content (AvgIpc) is 1.97. The van der Waals surface area contributed by atoms with Gasteiger partial charge in [0.25, 0.3) is 5.92 Å². The van der Waals surface area contributed by atoms with Crippen LogP contribution < -0.4 is 10.6 Å². The molecule has 0 heterocycles. The van der Waals surface area contributed by atoms with Gasteiger partial charge in [-0.3, -0.25) is 0 Å². The Balaban J connectivity index is 2.13. The molecule has 0 aliphatic heterocycles. The lowest BCUT2D eigenvalue weighted by Crippen LogP contribution is -2.52. The Kier molecular flexibility index (Phi) is 3.19. The molecule has 0 saturated heterocycles. The highest BCUT2D eigenvalue weighted by Crippen LogP contribution is 2.37. The molecule has 0 aromatic rings. The van der Waals surface area contributed by atoms with Crippen molar-refractivity contribution in [2.45, 2.75) is 24.8 Å². The molecule has 1 aliphatic rings. The van der Waals surface area contributed by atoms with Crippen molar-refractivity contribution in [2.75, 3.05) is 6.54 Å². The first kappa shape index (κ1) is 10.4. The SMILES string of the molecule is C=CCNC(=S)NC1CC(F)(F)C1. The average molecular weight is 206 g/mol. The maximum atomic E-state index is 12.4. The van der Waals surface area contributed by atoms with Crippen molar-refractivity contribution < 1.29 is 8.78 Å². The molecule has 0 aromatic carbocycles. The van der Waals surface area contributed by atoms with Crippen LogP contribution in [0.25, 0.3) is 0 Å².